The third-order valence-corrected chi connectivity index (χ3v) is 3.94. The molecule has 1 aromatic carbocycles. The molecule has 0 saturated carbocycles. The Morgan fingerprint density at radius 1 is 1.43 bits per heavy atom. The molecule has 1 amide bonds. The number of hydrogen-bond donors (Lipinski definition) is 1. The number of carbonyl (C=O) groups is 1. The fourth-order valence-corrected chi connectivity index (χ4v) is 2.75. The Morgan fingerprint density at radius 3 is 2.91 bits per heavy atom. The van der Waals surface area contributed by atoms with Crippen LogP contribution in [0.3, 0.4) is 0 Å². The van der Waals surface area contributed by atoms with E-state index in [9.17, 15) is 13.4 Å². The molecule has 2 rings (SSSR count). The van der Waals surface area contributed by atoms with Gasteiger partial charge in [-0.2, -0.15) is 4.98 Å². The monoisotopic (exact) mass is 339 g/mol. The van der Waals surface area contributed by atoms with Gasteiger partial charge in [0, 0.05) is 22.9 Å². The Bertz CT molecular complexity index is 703. The van der Waals surface area contributed by atoms with E-state index in [1.54, 1.807) is 6.07 Å². The Hall–Kier alpha value is -2.09. The quantitative estimate of drug-likeness (QED) is 0.836. The third kappa shape index (κ3) is 5.90. The van der Waals surface area contributed by atoms with Crippen molar-refractivity contribution in [1.82, 2.24) is 10.1 Å². The van der Waals surface area contributed by atoms with Crippen LogP contribution in [0.5, 0.6) is 0 Å². The summed E-state index contributed by atoms with van der Waals surface area (Å²) in [4.78, 5) is 15.9. The highest BCUT2D eigenvalue weighted by molar-refractivity contribution is 7.84. The van der Waals surface area contributed by atoms with Gasteiger partial charge >= 0.3 is 0 Å². The first-order valence-corrected chi connectivity index (χ1v) is 8.63. The van der Waals surface area contributed by atoms with E-state index in [1.807, 2.05) is 13.8 Å². The summed E-state index contributed by atoms with van der Waals surface area (Å²) in [5, 5.41) is 6.30. The molecule has 1 atom stereocenters. The second-order valence-corrected chi connectivity index (χ2v) is 6.95. The second kappa shape index (κ2) is 7.96. The van der Waals surface area contributed by atoms with Gasteiger partial charge in [-0.05, 0) is 24.1 Å². The zero-order chi connectivity index (χ0) is 16.8. The normalized spacial score (nSPS) is 12.3. The molecule has 0 aliphatic carbocycles. The molecule has 0 spiro atoms. The smallest absolute Gasteiger partial charge is 0.239 e. The molecule has 0 bridgehead atoms. The summed E-state index contributed by atoms with van der Waals surface area (Å²) in [6, 6.07) is 5.51. The number of rotatable bonds is 7. The van der Waals surface area contributed by atoms with Crippen molar-refractivity contribution in [1.29, 1.82) is 0 Å². The first-order valence-electron chi connectivity index (χ1n) is 7.14. The fourth-order valence-electron chi connectivity index (χ4n) is 1.90. The lowest BCUT2D eigenvalue weighted by Crippen LogP contribution is -2.20. The number of carbonyl (C=O) groups excluding carboxylic acids is 1. The number of amides is 1. The topological polar surface area (TPSA) is 85.1 Å². The summed E-state index contributed by atoms with van der Waals surface area (Å²) < 4.78 is 30.0. The number of nitrogens with one attached hydrogen (secondary N) is 1. The van der Waals surface area contributed by atoms with E-state index in [2.05, 4.69) is 15.5 Å². The van der Waals surface area contributed by atoms with Crippen molar-refractivity contribution in [3.63, 3.8) is 0 Å². The van der Waals surface area contributed by atoms with Crippen molar-refractivity contribution in [3.05, 3.63) is 41.8 Å². The molecule has 1 aromatic heterocycles. The van der Waals surface area contributed by atoms with Crippen LogP contribution in [0.1, 0.15) is 25.6 Å². The average molecular weight is 339 g/mol. The molecule has 0 saturated heterocycles. The molecule has 0 radical (unpaired) electrons. The number of anilines is 1. The van der Waals surface area contributed by atoms with Crippen LogP contribution in [0.2, 0.25) is 0 Å². The fraction of sp³-hybridized carbons (Fsp3) is 0.400. The molecule has 0 fully saturated rings. The summed E-state index contributed by atoms with van der Waals surface area (Å²) in [6.45, 7) is 4.07. The zero-order valence-corrected chi connectivity index (χ0v) is 13.7. The van der Waals surface area contributed by atoms with Crippen LogP contribution in [-0.2, 0) is 27.8 Å². The van der Waals surface area contributed by atoms with Gasteiger partial charge in [0.2, 0.25) is 11.8 Å². The number of hydrogen-bond acceptors (Lipinski definition) is 5. The van der Waals surface area contributed by atoms with E-state index in [-0.39, 0.29) is 17.4 Å². The molecule has 23 heavy (non-hydrogen) atoms. The van der Waals surface area contributed by atoms with Gasteiger partial charge in [-0.3, -0.25) is 9.00 Å². The lowest BCUT2D eigenvalue weighted by molar-refractivity contribution is -0.113. The Kier molecular flexibility index (Phi) is 5.97. The maximum atomic E-state index is 13.0. The van der Waals surface area contributed by atoms with Gasteiger partial charge in [0.05, 0.1) is 0 Å². The average Bonchev–Trinajstić information content (AvgIpc) is 2.84. The van der Waals surface area contributed by atoms with Crippen molar-refractivity contribution >= 4 is 22.4 Å². The first kappa shape index (κ1) is 17.3. The van der Waals surface area contributed by atoms with Crippen LogP contribution < -0.4 is 5.32 Å². The van der Waals surface area contributed by atoms with E-state index in [0.717, 1.165) is 0 Å². The van der Waals surface area contributed by atoms with E-state index >= 15 is 0 Å². The highest BCUT2D eigenvalue weighted by Crippen LogP contribution is 2.10. The highest BCUT2D eigenvalue weighted by atomic mass is 32.2. The van der Waals surface area contributed by atoms with Gasteiger partial charge < -0.3 is 9.84 Å². The Labute approximate surface area is 135 Å². The predicted molar refractivity (Wildman–Crippen MR) is 84.6 cm³/mol. The molecule has 0 unspecified atom stereocenters. The van der Waals surface area contributed by atoms with Crippen molar-refractivity contribution in [3.8, 4) is 0 Å². The van der Waals surface area contributed by atoms with Gasteiger partial charge in [-0.1, -0.05) is 25.1 Å². The van der Waals surface area contributed by atoms with Crippen LogP contribution in [0.25, 0.3) is 0 Å². The Balaban J connectivity index is 1.84. The SMILES string of the molecule is CC(C)Cc1noc(C[S@](=O)CC(=O)Nc2cccc(F)c2)n1. The van der Waals surface area contributed by atoms with Crippen molar-refractivity contribution in [2.45, 2.75) is 26.0 Å². The molecule has 0 aliphatic rings. The summed E-state index contributed by atoms with van der Waals surface area (Å²) >= 11 is 0. The maximum Gasteiger partial charge on any atom is 0.239 e. The standard InChI is InChI=1S/C15H18FN3O3S/c1-10(2)6-13-18-15(22-19-13)9-23(21)8-14(20)17-12-5-3-4-11(16)7-12/h3-5,7,10H,6,8-9H2,1-2H3,(H,17,20)/t23-/m1/s1. The molecule has 0 aliphatic heterocycles. The van der Waals surface area contributed by atoms with Gasteiger partial charge in [0.15, 0.2) is 5.82 Å². The zero-order valence-electron chi connectivity index (χ0n) is 12.9. The first-order chi connectivity index (χ1) is 10.9. The van der Waals surface area contributed by atoms with E-state index in [1.165, 1.54) is 18.2 Å². The maximum absolute atomic E-state index is 13.0. The summed E-state index contributed by atoms with van der Waals surface area (Å²) in [6.07, 6.45) is 0.677. The van der Waals surface area contributed by atoms with Gasteiger partial charge in [0.1, 0.15) is 17.3 Å². The largest absolute Gasteiger partial charge is 0.338 e. The third-order valence-electron chi connectivity index (χ3n) is 2.79. The minimum Gasteiger partial charge on any atom is -0.338 e. The molecule has 2 aromatic rings. The van der Waals surface area contributed by atoms with Crippen molar-refractivity contribution in [2.24, 2.45) is 5.92 Å². The second-order valence-electron chi connectivity index (χ2n) is 5.49. The molecule has 1 heterocycles. The Morgan fingerprint density at radius 2 is 2.22 bits per heavy atom. The predicted octanol–water partition coefficient (Wildman–Crippen LogP) is 2.29. The highest BCUT2D eigenvalue weighted by Gasteiger charge is 2.14. The van der Waals surface area contributed by atoms with Gasteiger partial charge in [0.25, 0.3) is 0 Å². The molecular formula is C15H18FN3O3S. The minimum absolute atomic E-state index is 0.0155. The molecule has 1 N–H and O–H groups in total. The van der Waals surface area contributed by atoms with Crippen LogP contribution >= 0.6 is 0 Å². The van der Waals surface area contributed by atoms with Crippen LogP contribution in [0.15, 0.2) is 28.8 Å². The molecule has 6 nitrogen and oxygen atoms in total. The summed E-state index contributed by atoms with van der Waals surface area (Å²) in [5.74, 6) is 0.0835. The van der Waals surface area contributed by atoms with Crippen molar-refractivity contribution < 1.29 is 17.9 Å². The van der Waals surface area contributed by atoms with E-state index in [0.29, 0.717) is 23.9 Å². The van der Waals surface area contributed by atoms with E-state index < -0.39 is 22.5 Å². The van der Waals surface area contributed by atoms with Gasteiger partial charge in [-0.25, -0.2) is 4.39 Å². The van der Waals surface area contributed by atoms with Gasteiger partial charge in [-0.15, -0.1) is 0 Å². The summed E-state index contributed by atoms with van der Waals surface area (Å²) in [7, 11) is -1.48. The number of halogens is 1. The number of nitrogens with zero attached hydrogens (tertiary/aromatic N) is 2. The lowest BCUT2D eigenvalue weighted by Gasteiger charge is -2.04. The minimum atomic E-state index is -1.48. The molecular weight excluding hydrogens is 321 g/mol. The van der Waals surface area contributed by atoms with E-state index in [4.69, 9.17) is 4.52 Å². The van der Waals surface area contributed by atoms with Crippen LogP contribution in [-0.4, -0.2) is 26.0 Å². The number of benzene rings is 1. The molecule has 8 heteroatoms. The lowest BCUT2D eigenvalue weighted by atomic mass is 10.1. The summed E-state index contributed by atoms with van der Waals surface area (Å²) in [5.41, 5.74) is 0.323. The number of aromatic nitrogens is 2. The van der Waals surface area contributed by atoms with Crippen molar-refractivity contribution in [2.75, 3.05) is 11.1 Å². The van der Waals surface area contributed by atoms with Crippen LogP contribution in [0.4, 0.5) is 10.1 Å². The van der Waals surface area contributed by atoms with Crippen LogP contribution in [0, 0.1) is 11.7 Å². The molecule has 124 valence electrons.